The van der Waals surface area contributed by atoms with Crippen LogP contribution >= 0.6 is 0 Å². The van der Waals surface area contributed by atoms with E-state index in [4.69, 9.17) is 9.72 Å². The summed E-state index contributed by atoms with van der Waals surface area (Å²) in [4.78, 5) is 19.7. The van der Waals surface area contributed by atoms with Crippen molar-refractivity contribution in [3.63, 3.8) is 0 Å². The molecule has 0 unspecified atom stereocenters. The Morgan fingerprint density at radius 1 is 1.00 bits per heavy atom. The van der Waals surface area contributed by atoms with E-state index >= 15 is 0 Å². The number of hydrogen-bond donors (Lipinski definition) is 0. The number of hydrogen-bond acceptors (Lipinski definition) is 3. The van der Waals surface area contributed by atoms with Crippen molar-refractivity contribution in [2.24, 2.45) is 0 Å². The third-order valence-corrected chi connectivity index (χ3v) is 6.15. The number of para-hydroxylation sites is 3. The van der Waals surface area contributed by atoms with Crippen LogP contribution in [0.4, 0.5) is 5.69 Å². The second-order valence-corrected chi connectivity index (χ2v) is 8.47. The molecule has 1 aliphatic heterocycles. The molecule has 5 nitrogen and oxygen atoms in total. The summed E-state index contributed by atoms with van der Waals surface area (Å²) in [5, 5.41) is 0. The summed E-state index contributed by atoms with van der Waals surface area (Å²) < 4.78 is 8.30. The zero-order valence-electron chi connectivity index (χ0n) is 18.5. The molecule has 0 spiro atoms. The van der Waals surface area contributed by atoms with Gasteiger partial charge in [-0.2, -0.15) is 0 Å². The lowest BCUT2D eigenvalue weighted by Gasteiger charge is -2.18. The number of ether oxygens (including phenoxy) is 1. The summed E-state index contributed by atoms with van der Waals surface area (Å²) in [6, 6.07) is 24.4. The lowest BCUT2D eigenvalue weighted by Crippen LogP contribution is -2.24. The highest BCUT2D eigenvalue weighted by Crippen LogP contribution is 2.33. The fourth-order valence-electron chi connectivity index (χ4n) is 4.53. The van der Waals surface area contributed by atoms with Gasteiger partial charge >= 0.3 is 0 Å². The van der Waals surface area contributed by atoms with E-state index < -0.39 is 0 Å². The first-order valence-corrected chi connectivity index (χ1v) is 11.1. The van der Waals surface area contributed by atoms with Gasteiger partial charge in [-0.1, -0.05) is 42.5 Å². The van der Waals surface area contributed by atoms with Crippen molar-refractivity contribution >= 4 is 22.6 Å². The summed E-state index contributed by atoms with van der Waals surface area (Å²) in [7, 11) is 0. The Kier molecular flexibility index (Phi) is 5.39. The van der Waals surface area contributed by atoms with Gasteiger partial charge in [0.1, 0.15) is 18.2 Å². The molecule has 1 amide bonds. The van der Waals surface area contributed by atoms with E-state index in [0.29, 0.717) is 26.1 Å². The molecule has 2 heterocycles. The first-order valence-electron chi connectivity index (χ1n) is 11.1. The van der Waals surface area contributed by atoms with Crippen LogP contribution in [0.25, 0.3) is 11.0 Å². The zero-order chi connectivity index (χ0) is 22.1. The number of anilines is 1. The number of nitrogens with zero attached hydrogens (tertiary/aromatic N) is 3. The fourth-order valence-corrected chi connectivity index (χ4v) is 4.53. The molecule has 5 rings (SSSR count). The molecule has 162 valence electrons. The SMILES string of the molecule is Cc1cccc(N2C[C@@H](c3nc4ccccc4n3CCOc3ccccc3C)CC2=O)c1. The summed E-state index contributed by atoms with van der Waals surface area (Å²) >= 11 is 0. The van der Waals surface area contributed by atoms with Crippen LogP contribution in [0.15, 0.2) is 72.8 Å². The highest BCUT2D eigenvalue weighted by molar-refractivity contribution is 5.96. The molecular weight excluding hydrogens is 398 g/mol. The molecule has 0 saturated carbocycles. The molecule has 1 aromatic heterocycles. The zero-order valence-corrected chi connectivity index (χ0v) is 18.5. The third kappa shape index (κ3) is 3.86. The van der Waals surface area contributed by atoms with Crippen molar-refractivity contribution in [1.82, 2.24) is 9.55 Å². The van der Waals surface area contributed by atoms with Gasteiger partial charge in [0.05, 0.1) is 17.6 Å². The van der Waals surface area contributed by atoms with Gasteiger partial charge < -0.3 is 14.2 Å². The van der Waals surface area contributed by atoms with Crippen molar-refractivity contribution in [1.29, 1.82) is 0 Å². The molecule has 0 bridgehead atoms. The topological polar surface area (TPSA) is 47.4 Å². The minimum absolute atomic E-state index is 0.0499. The van der Waals surface area contributed by atoms with E-state index in [-0.39, 0.29) is 11.8 Å². The summed E-state index contributed by atoms with van der Waals surface area (Å²) in [5.74, 6) is 2.06. The molecule has 0 radical (unpaired) electrons. The van der Waals surface area contributed by atoms with Gasteiger partial charge in [-0.15, -0.1) is 0 Å². The van der Waals surface area contributed by atoms with Crippen molar-refractivity contribution < 1.29 is 9.53 Å². The number of rotatable bonds is 6. The van der Waals surface area contributed by atoms with Gasteiger partial charge in [-0.25, -0.2) is 4.98 Å². The quantitative estimate of drug-likeness (QED) is 0.424. The van der Waals surface area contributed by atoms with Crippen LogP contribution in [0.1, 0.15) is 29.3 Å². The second-order valence-electron chi connectivity index (χ2n) is 8.47. The molecule has 0 aliphatic carbocycles. The first kappa shape index (κ1) is 20.3. The minimum atomic E-state index is 0.0499. The monoisotopic (exact) mass is 425 g/mol. The van der Waals surface area contributed by atoms with Crippen molar-refractivity contribution in [3.8, 4) is 5.75 Å². The minimum Gasteiger partial charge on any atom is -0.491 e. The van der Waals surface area contributed by atoms with Crippen LogP contribution in [0.3, 0.4) is 0 Å². The first-order chi connectivity index (χ1) is 15.6. The molecular formula is C27H27N3O2. The van der Waals surface area contributed by atoms with Crippen molar-refractivity contribution in [2.45, 2.75) is 32.7 Å². The Labute approximate surface area is 188 Å². The van der Waals surface area contributed by atoms with Crippen LogP contribution in [-0.2, 0) is 11.3 Å². The highest BCUT2D eigenvalue weighted by Gasteiger charge is 2.34. The Morgan fingerprint density at radius 2 is 1.81 bits per heavy atom. The predicted octanol–water partition coefficient (Wildman–Crippen LogP) is 5.25. The molecule has 4 aromatic rings. The number of carbonyl (C=O) groups excluding carboxylic acids is 1. The maximum Gasteiger partial charge on any atom is 0.227 e. The molecule has 0 N–H and O–H groups in total. The van der Waals surface area contributed by atoms with Crippen LogP contribution < -0.4 is 9.64 Å². The molecule has 1 saturated heterocycles. The van der Waals surface area contributed by atoms with Gasteiger partial charge in [0, 0.05) is 24.6 Å². The summed E-state index contributed by atoms with van der Waals surface area (Å²) in [6.07, 6.45) is 0.468. The second kappa shape index (κ2) is 8.50. The molecule has 1 atom stereocenters. The van der Waals surface area contributed by atoms with Crippen molar-refractivity contribution in [2.75, 3.05) is 18.1 Å². The summed E-state index contributed by atoms with van der Waals surface area (Å²) in [6.45, 7) is 5.97. The van der Waals surface area contributed by atoms with Crippen molar-refractivity contribution in [3.05, 3.63) is 89.7 Å². The highest BCUT2D eigenvalue weighted by atomic mass is 16.5. The van der Waals surface area contributed by atoms with E-state index in [9.17, 15) is 4.79 Å². The van der Waals surface area contributed by atoms with Crippen LogP contribution in [0.5, 0.6) is 5.75 Å². The Morgan fingerprint density at radius 3 is 2.66 bits per heavy atom. The Hall–Kier alpha value is -3.60. The molecule has 32 heavy (non-hydrogen) atoms. The molecule has 1 fully saturated rings. The Bertz CT molecular complexity index is 1280. The normalized spacial score (nSPS) is 16.1. The van der Waals surface area contributed by atoms with Crippen LogP contribution in [-0.4, -0.2) is 28.6 Å². The largest absolute Gasteiger partial charge is 0.491 e. The number of aryl methyl sites for hydroxylation is 2. The van der Waals surface area contributed by atoms with Gasteiger partial charge in [-0.3, -0.25) is 4.79 Å². The van der Waals surface area contributed by atoms with Gasteiger partial charge in [-0.05, 0) is 55.3 Å². The molecule has 1 aliphatic rings. The fraction of sp³-hybridized carbons (Fsp3) is 0.259. The van der Waals surface area contributed by atoms with E-state index in [1.54, 1.807) is 0 Å². The number of imidazole rings is 1. The maximum absolute atomic E-state index is 12.9. The van der Waals surface area contributed by atoms with E-state index in [1.165, 1.54) is 0 Å². The lowest BCUT2D eigenvalue weighted by atomic mass is 10.1. The summed E-state index contributed by atoms with van der Waals surface area (Å²) in [5.41, 5.74) is 5.28. The number of benzene rings is 3. The number of amides is 1. The molecule has 5 heteroatoms. The van der Waals surface area contributed by atoms with Crippen LogP contribution in [0.2, 0.25) is 0 Å². The number of fused-ring (bicyclic) bond motifs is 1. The lowest BCUT2D eigenvalue weighted by molar-refractivity contribution is -0.117. The Balaban J connectivity index is 1.41. The van der Waals surface area contributed by atoms with Gasteiger partial charge in [0.15, 0.2) is 0 Å². The van der Waals surface area contributed by atoms with Gasteiger partial charge in [0.2, 0.25) is 5.91 Å². The van der Waals surface area contributed by atoms with Crippen LogP contribution in [0, 0.1) is 13.8 Å². The smallest absolute Gasteiger partial charge is 0.227 e. The average Bonchev–Trinajstić information content (AvgIpc) is 3.36. The van der Waals surface area contributed by atoms with E-state index in [1.807, 2.05) is 53.4 Å². The standard InChI is InChI=1S/C27H27N3O2/c1-19-8-7-10-22(16-19)30-18-21(17-26(30)31)27-28-23-11-4-5-12-24(23)29(27)14-15-32-25-13-6-3-9-20(25)2/h3-13,16,21H,14-15,17-18H2,1-2H3/t21-/m0/s1. The van der Waals surface area contributed by atoms with E-state index in [2.05, 4.69) is 42.7 Å². The maximum atomic E-state index is 12.9. The predicted molar refractivity (Wildman–Crippen MR) is 127 cm³/mol. The number of aromatic nitrogens is 2. The van der Waals surface area contributed by atoms with E-state index in [0.717, 1.165) is 39.4 Å². The average molecular weight is 426 g/mol. The van der Waals surface area contributed by atoms with Gasteiger partial charge in [0.25, 0.3) is 0 Å². The molecule has 3 aromatic carbocycles. The number of carbonyl (C=O) groups is 1. The third-order valence-electron chi connectivity index (χ3n) is 6.15.